The van der Waals surface area contributed by atoms with E-state index in [1.165, 1.54) is 70.6 Å². The first-order chi connectivity index (χ1) is 27.6. The highest BCUT2D eigenvalue weighted by molar-refractivity contribution is 5.71. The Morgan fingerprint density at radius 1 is 0.429 bits per heavy atom. The van der Waals surface area contributed by atoms with Crippen LogP contribution in [0, 0.1) is 0 Å². The van der Waals surface area contributed by atoms with Gasteiger partial charge in [-0.1, -0.05) is 195 Å². The number of hydrogen-bond acceptors (Lipinski definition) is 5. The summed E-state index contributed by atoms with van der Waals surface area (Å²) in [6.07, 6.45) is 61.6. The van der Waals surface area contributed by atoms with Crippen LogP contribution >= 0.6 is 0 Å². The van der Waals surface area contributed by atoms with E-state index in [1.54, 1.807) is 0 Å². The Morgan fingerprint density at radius 2 is 0.857 bits per heavy atom. The second-order valence-corrected chi connectivity index (χ2v) is 14.6. The minimum absolute atomic E-state index is 0.0239. The summed E-state index contributed by atoms with van der Waals surface area (Å²) in [5, 5.41) is 0. The minimum atomic E-state index is -0.580. The van der Waals surface area contributed by atoms with Gasteiger partial charge >= 0.3 is 11.9 Å². The molecule has 0 spiro atoms. The fourth-order valence-corrected chi connectivity index (χ4v) is 5.83. The summed E-state index contributed by atoms with van der Waals surface area (Å²) in [7, 11) is 0. The molecule has 1 unspecified atom stereocenters. The molecule has 0 amide bonds. The van der Waals surface area contributed by atoms with Gasteiger partial charge in [-0.15, -0.1) is 0 Å². The molecule has 1 atom stereocenters. The third kappa shape index (κ3) is 43.5. The lowest BCUT2D eigenvalue weighted by atomic mass is 10.1. The Kier molecular flexibility index (Phi) is 43.6. The lowest BCUT2D eigenvalue weighted by Crippen LogP contribution is -2.30. The van der Waals surface area contributed by atoms with Crippen LogP contribution in [0.25, 0.3) is 0 Å². The number of unbranched alkanes of at least 4 members (excludes halogenated alkanes) is 14. The highest BCUT2D eigenvalue weighted by Crippen LogP contribution is 2.12. The lowest BCUT2D eigenvalue weighted by Gasteiger charge is -2.18. The maximum absolute atomic E-state index is 12.6. The molecule has 0 aromatic heterocycles. The fraction of sp³-hybridized carbons (Fsp3) is 0.647. The smallest absolute Gasteiger partial charge is 0.309 e. The number of carbonyl (C=O) groups is 2. The van der Waals surface area contributed by atoms with Crippen molar-refractivity contribution in [3.05, 3.63) is 97.2 Å². The number of carbonyl (C=O) groups excluding carboxylic acids is 2. The van der Waals surface area contributed by atoms with E-state index in [-0.39, 0.29) is 31.6 Å². The molecule has 0 aliphatic rings. The normalized spacial score (nSPS) is 13.1. The van der Waals surface area contributed by atoms with Gasteiger partial charge in [0.25, 0.3) is 0 Å². The number of hydrogen-bond donors (Lipinski definition) is 0. The van der Waals surface area contributed by atoms with E-state index in [4.69, 9.17) is 14.2 Å². The number of allylic oxidation sites excluding steroid dienone is 15. The van der Waals surface area contributed by atoms with E-state index in [0.717, 1.165) is 83.5 Å². The van der Waals surface area contributed by atoms with Crippen molar-refractivity contribution in [3.8, 4) is 0 Å². The van der Waals surface area contributed by atoms with Gasteiger partial charge in [0.15, 0.2) is 6.10 Å². The third-order valence-electron chi connectivity index (χ3n) is 9.15. The highest BCUT2D eigenvalue weighted by Gasteiger charge is 2.17. The van der Waals surface area contributed by atoms with Crippen molar-refractivity contribution < 1.29 is 23.8 Å². The molecule has 0 saturated carbocycles. The molecule has 0 fully saturated rings. The first-order valence-corrected chi connectivity index (χ1v) is 22.8. The SMILES string of the molecule is CC/C=C\C/C=C\C/C=C\C/C=C\C/C=C\CC(=O)OCC(COCCCCCCCCCC/C=C\C/C=C\C/C=C\CC)OC(=O)CCCCCCCCC. The average molecular weight is 777 g/mol. The molecule has 0 saturated heterocycles. The zero-order valence-corrected chi connectivity index (χ0v) is 36.4. The van der Waals surface area contributed by atoms with Gasteiger partial charge in [-0.05, 0) is 77.0 Å². The first kappa shape index (κ1) is 52.8. The Labute approximate surface area is 345 Å². The predicted molar refractivity (Wildman–Crippen MR) is 242 cm³/mol. The van der Waals surface area contributed by atoms with Crippen LogP contribution in [0.2, 0.25) is 0 Å². The molecule has 5 heteroatoms. The van der Waals surface area contributed by atoms with E-state index in [0.29, 0.717) is 13.0 Å². The summed E-state index contributed by atoms with van der Waals surface area (Å²) >= 11 is 0. The van der Waals surface area contributed by atoms with Crippen molar-refractivity contribution in [2.75, 3.05) is 19.8 Å². The summed E-state index contributed by atoms with van der Waals surface area (Å²) < 4.78 is 17.2. The number of esters is 2. The second kappa shape index (κ2) is 46.2. The fourth-order valence-electron chi connectivity index (χ4n) is 5.83. The second-order valence-electron chi connectivity index (χ2n) is 14.6. The highest BCUT2D eigenvalue weighted by atomic mass is 16.6. The van der Waals surface area contributed by atoms with Crippen molar-refractivity contribution in [2.24, 2.45) is 0 Å². The largest absolute Gasteiger partial charge is 0.461 e. The Morgan fingerprint density at radius 3 is 1.38 bits per heavy atom. The zero-order chi connectivity index (χ0) is 40.7. The van der Waals surface area contributed by atoms with Crippen LogP contribution in [0.1, 0.15) is 188 Å². The van der Waals surface area contributed by atoms with E-state index in [2.05, 4.69) is 106 Å². The van der Waals surface area contributed by atoms with Gasteiger partial charge in [0.2, 0.25) is 0 Å². The number of rotatable bonds is 40. The molecule has 0 aliphatic heterocycles. The molecule has 0 heterocycles. The van der Waals surface area contributed by atoms with Crippen molar-refractivity contribution in [2.45, 2.75) is 194 Å². The summed E-state index contributed by atoms with van der Waals surface area (Å²) in [5.41, 5.74) is 0. The van der Waals surface area contributed by atoms with E-state index in [1.807, 2.05) is 12.2 Å². The molecule has 0 bridgehead atoms. The van der Waals surface area contributed by atoms with Crippen molar-refractivity contribution in [1.29, 1.82) is 0 Å². The number of ether oxygens (including phenoxy) is 3. The lowest BCUT2D eigenvalue weighted by molar-refractivity contribution is -0.162. The van der Waals surface area contributed by atoms with Gasteiger partial charge in [-0.25, -0.2) is 0 Å². The first-order valence-electron chi connectivity index (χ1n) is 22.8. The van der Waals surface area contributed by atoms with E-state index in [9.17, 15) is 9.59 Å². The molecule has 0 aromatic rings. The van der Waals surface area contributed by atoms with Crippen molar-refractivity contribution in [3.63, 3.8) is 0 Å². The molecular formula is C51H84O5. The molecular weight excluding hydrogens is 693 g/mol. The monoisotopic (exact) mass is 777 g/mol. The van der Waals surface area contributed by atoms with Gasteiger partial charge in [-0.2, -0.15) is 0 Å². The average Bonchev–Trinajstić information content (AvgIpc) is 3.20. The third-order valence-corrected chi connectivity index (χ3v) is 9.15. The molecule has 5 nitrogen and oxygen atoms in total. The Bertz CT molecular complexity index is 1110. The van der Waals surface area contributed by atoms with Gasteiger partial charge in [0.05, 0.1) is 13.0 Å². The van der Waals surface area contributed by atoms with Gasteiger partial charge in [0, 0.05) is 13.0 Å². The van der Waals surface area contributed by atoms with Crippen LogP contribution < -0.4 is 0 Å². The summed E-state index contributed by atoms with van der Waals surface area (Å²) in [4.78, 5) is 25.1. The van der Waals surface area contributed by atoms with Crippen LogP contribution in [0.5, 0.6) is 0 Å². The van der Waals surface area contributed by atoms with Crippen LogP contribution in [0.15, 0.2) is 97.2 Å². The van der Waals surface area contributed by atoms with Crippen molar-refractivity contribution >= 4 is 11.9 Å². The molecule has 0 aliphatic carbocycles. The van der Waals surface area contributed by atoms with Crippen LogP contribution in [0.4, 0.5) is 0 Å². The van der Waals surface area contributed by atoms with E-state index < -0.39 is 6.10 Å². The molecule has 56 heavy (non-hydrogen) atoms. The summed E-state index contributed by atoms with van der Waals surface area (Å²) in [6.45, 7) is 7.42. The molecule has 0 aromatic carbocycles. The molecule has 0 N–H and O–H groups in total. The molecule has 0 rings (SSSR count). The Hall–Kier alpha value is -3.18. The summed E-state index contributed by atoms with van der Waals surface area (Å²) in [6, 6.07) is 0. The van der Waals surface area contributed by atoms with Crippen LogP contribution in [-0.4, -0.2) is 37.9 Å². The standard InChI is InChI=1S/C51H84O5/c1-4-7-10-13-16-18-20-22-24-25-26-28-30-32-34-37-40-43-46-54-47-49(56-51(53)45-42-39-35-15-12-9-6-3)48-55-50(52)44-41-38-36-33-31-29-27-23-21-19-17-14-11-8-5-2/h7-8,10-11,16-19,22-24,27,31,33,38,41,49H,4-6,9,12-15,20-21,25-26,28-30,32,34-37,39-40,42-48H2,1-3H3/b10-7-,11-8-,18-16-,19-17-,24-22-,27-23-,33-31-,41-38-. The maximum atomic E-state index is 12.6. The predicted octanol–water partition coefficient (Wildman–Crippen LogP) is 15.1. The maximum Gasteiger partial charge on any atom is 0.309 e. The molecule has 318 valence electrons. The quantitative estimate of drug-likeness (QED) is 0.0352. The minimum Gasteiger partial charge on any atom is -0.461 e. The molecule has 0 radical (unpaired) electrons. The summed E-state index contributed by atoms with van der Waals surface area (Å²) in [5.74, 6) is -0.560. The van der Waals surface area contributed by atoms with E-state index >= 15 is 0 Å². The zero-order valence-electron chi connectivity index (χ0n) is 36.4. The van der Waals surface area contributed by atoms with Gasteiger partial charge < -0.3 is 14.2 Å². The van der Waals surface area contributed by atoms with Crippen LogP contribution in [0.3, 0.4) is 0 Å². The van der Waals surface area contributed by atoms with Crippen molar-refractivity contribution in [1.82, 2.24) is 0 Å². The topological polar surface area (TPSA) is 61.8 Å². The van der Waals surface area contributed by atoms with Gasteiger partial charge in [0.1, 0.15) is 6.61 Å². The Balaban J connectivity index is 4.29. The van der Waals surface area contributed by atoms with Gasteiger partial charge in [-0.3, -0.25) is 9.59 Å². The van der Waals surface area contributed by atoms with Crippen LogP contribution in [-0.2, 0) is 23.8 Å².